The van der Waals surface area contributed by atoms with Gasteiger partial charge in [-0.1, -0.05) is 0 Å². The molecule has 1 aromatic heterocycles. The molecule has 0 aliphatic rings. The summed E-state index contributed by atoms with van der Waals surface area (Å²) in [5.41, 5.74) is 11.5. The first-order valence-corrected chi connectivity index (χ1v) is 6.84. The highest BCUT2D eigenvalue weighted by Crippen LogP contribution is 2.19. The second-order valence-electron chi connectivity index (χ2n) is 5.18. The van der Waals surface area contributed by atoms with E-state index in [0.29, 0.717) is 5.71 Å². The van der Waals surface area contributed by atoms with Crippen LogP contribution < -0.4 is 11.2 Å². The number of nitro groups is 1. The van der Waals surface area contributed by atoms with Gasteiger partial charge in [-0.25, -0.2) is 5.43 Å². The largest absolute Gasteiger partial charge is 0.399 e. The Morgan fingerprint density at radius 1 is 1.35 bits per heavy atom. The van der Waals surface area contributed by atoms with Gasteiger partial charge in [-0.2, -0.15) is 5.10 Å². The van der Waals surface area contributed by atoms with Crippen LogP contribution in [-0.4, -0.2) is 21.5 Å². The molecule has 0 saturated heterocycles. The average molecular weight is 315 g/mol. The van der Waals surface area contributed by atoms with Crippen LogP contribution in [0.15, 0.2) is 29.5 Å². The number of hydrazone groups is 1. The Kier molecular flexibility index (Phi) is 4.44. The van der Waals surface area contributed by atoms with E-state index in [9.17, 15) is 14.9 Å². The van der Waals surface area contributed by atoms with Crippen molar-refractivity contribution in [3.05, 3.63) is 56.9 Å². The molecule has 1 heterocycles. The van der Waals surface area contributed by atoms with Crippen LogP contribution in [0.5, 0.6) is 0 Å². The van der Waals surface area contributed by atoms with Crippen LogP contribution in [0.1, 0.15) is 34.1 Å². The molecule has 8 nitrogen and oxygen atoms in total. The molecular weight excluding hydrogens is 298 g/mol. The molecular formula is C15H17N5O3. The average Bonchev–Trinajstić information content (AvgIpc) is 2.82. The molecule has 1 aromatic carbocycles. The minimum Gasteiger partial charge on any atom is -0.399 e. The van der Waals surface area contributed by atoms with E-state index in [1.807, 2.05) is 20.0 Å². The van der Waals surface area contributed by atoms with Crippen molar-refractivity contribution in [2.75, 3.05) is 5.73 Å². The fourth-order valence-electron chi connectivity index (χ4n) is 2.34. The first-order valence-electron chi connectivity index (χ1n) is 6.84. The number of carbonyl (C=O) groups excluding carboxylic acids is 1. The predicted molar refractivity (Wildman–Crippen MR) is 87.5 cm³/mol. The van der Waals surface area contributed by atoms with Crippen LogP contribution >= 0.6 is 0 Å². The number of aromatic amines is 1. The molecule has 0 spiro atoms. The first-order chi connectivity index (χ1) is 10.8. The highest BCUT2D eigenvalue weighted by molar-refractivity contribution is 6.02. The Balaban J connectivity index is 2.23. The van der Waals surface area contributed by atoms with Crippen LogP contribution in [0, 0.1) is 24.0 Å². The highest BCUT2D eigenvalue weighted by atomic mass is 16.6. The van der Waals surface area contributed by atoms with Crippen LogP contribution in [0.4, 0.5) is 11.4 Å². The van der Waals surface area contributed by atoms with E-state index in [4.69, 9.17) is 5.73 Å². The maximum atomic E-state index is 12.1. The maximum absolute atomic E-state index is 12.1. The smallest absolute Gasteiger partial charge is 0.272 e. The number of hydrogen-bond acceptors (Lipinski definition) is 5. The third-order valence-electron chi connectivity index (χ3n) is 3.37. The fraction of sp³-hybridized carbons (Fsp3) is 0.200. The van der Waals surface area contributed by atoms with Gasteiger partial charge < -0.3 is 10.7 Å². The number of amides is 1. The summed E-state index contributed by atoms with van der Waals surface area (Å²) in [5, 5.41) is 14.9. The van der Waals surface area contributed by atoms with E-state index < -0.39 is 10.8 Å². The summed E-state index contributed by atoms with van der Waals surface area (Å²) in [7, 11) is 0. The lowest BCUT2D eigenvalue weighted by Crippen LogP contribution is -2.20. The van der Waals surface area contributed by atoms with Gasteiger partial charge in [-0.05, 0) is 32.4 Å². The quantitative estimate of drug-likeness (QED) is 0.346. The first kappa shape index (κ1) is 16.2. The van der Waals surface area contributed by atoms with Crippen molar-refractivity contribution < 1.29 is 9.72 Å². The monoisotopic (exact) mass is 315 g/mol. The topological polar surface area (TPSA) is 126 Å². The second kappa shape index (κ2) is 6.30. The van der Waals surface area contributed by atoms with E-state index in [-0.39, 0.29) is 16.9 Å². The molecule has 23 heavy (non-hydrogen) atoms. The molecule has 0 saturated carbocycles. The van der Waals surface area contributed by atoms with Gasteiger partial charge in [-0.15, -0.1) is 0 Å². The van der Waals surface area contributed by atoms with E-state index in [1.165, 1.54) is 12.1 Å². The molecule has 0 aliphatic heterocycles. The van der Waals surface area contributed by atoms with E-state index >= 15 is 0 Å². The SMILES string of the molecule is C/C(=N\NC(=O)c1cc(N)cc([N+](=O)[O-])c1)c1c(C)c[nH]c1C. The summed E-state index contributed by atoms with van der Waals surface area (Å²) in [4.78, 5) is 25.4. The number of nitrogens with zero attached hydrogens (tertiary/aromatic N) is 2. The Morgan fingerprint density at radius 2 is 2.04 bits per heavy atom. The number of nitrogen functional groups attached to an aromatic ring is 1. The van der Waals surface area contributed by atoms with Crippen molar-refractivity contribution in [3.63, 3.8) is 0 Å². The van der Waals surface area contributed by atoms with E-state index in [0.717, 1.165) is 22.9 Å². The molecule has 8 heteroatoms. The molecule has 0 fully saturated rings. The van der Waals surface area contributed by atoms with Crippen LogP contribution in [-0.2, 0) is 0 Å². The van der Waals surface area contributed by atoms with Crippen LogP contribution in [0.25, 0.3) is 0 Å². The lowest BCUT2D eigenvalue weighted by molar-refractivity contribution is -0.384. The molecule has 0 radical (unpaired) electrons. The third kappa shape index (κ3) is 3.54. The lowest BCUT2D eigenvalue weighted by atomic mass is 10.1. The third-order valence-corrected chi connectivity index (χ3v) is 3.37. The summed E-state index contributed by atoms with van der Waals surface area (Å²) >= 11 is 0. The molecule has 2 rings (SSSR count). The highest BCUT2D eigenvalue weighted by Gasteiger charge is 2.14. The number of nitrogens with two attached hydrogens (primary N) is 1. The number of benzene rings is 1. The summed E-state index contributed by atoms with van der Waals surface area (Å²) in [6.45, 7) is 5.61. The van der Waals surface area contributed by atoms with Crippen molar-refractivity contribution >= 4 is 23.0 Å². The number of hydrogen-bond donors (Lipinski definition) is 3. The Morgan fingerprint density at radius 3 is 2.61 bits per heavy atom. The number of aryl methyl sites for hydroxylation is 2. The summed E-state index contributed by atoms with van der Waals surface area (Å²) in [5.74, 6) is -0.564. The molecule has 2 aromatic rings. The van der Waals surface area contributed by atoms with Crippen LogP contribution in [0.2, 0.25) is 0 Å². The van der Waals surface area contributed by atoms with Gasteiger partial charge in [0, 0.05) is 35.3 Å². The summed E-state index contributed by atoms with van der Waals surface area (Å²) in [6, 6.07) is 3.71. The van der Waals surface area contributed by atoms with Gasteiger partial charge in [0.25, 0.3) is 11.6 Å². The zero-order chi connectivity index (χ0) is 17.1. The molecule has 1 amide bonds. The lowest BCUT2D eigenvalue weighted by Gasteiger charge is -2.05. The van der Waals surface area contributed by atoms with Gasteiger partial charge in [0.1, 0.15) is 0 Å². The van der Waals surface area contributed by atoms with Crippen LogP contribution in [0.3, 0.4) is 0 Å². The summed E-state index contributed by atoms with van der Waals surface area (Å²) < 4.78 is 0. The number of rotatable bonds is 4. The number of carbonyl (C=O) groups is 1. The van der Waals surface area contributed by atoms with Crippen molar-refractivity contribution in [2.24, 2.45) is 5.10 Å². The number of nitro benzene ring substituents is 1. The van der Waals surface area contributed by atoms with Crippen molar-refractivity contribution in [1.82, 2.24) is 10.4 Å². The Bertz CT molecular complexity index is 788. The van der Waals surface area contributed by atoms with Gasteiger partial charge in [0.05, 0.1) is 16.2 Å². The zero-order valence-electron chi connectivity index (χ0n) is 13.0. The maximum Gasteiger partial charge on any atom is 0.272 e. The molecule has 0 atom stereocenters. The van der Waals surface area contributed by atoms with Gasteiger partial charge in [0.15, 0.2) is 0 Å². The number of nitrogens with one attached hydrogen (secondary N) is 2. The minimum absolute atomic E-state index is 0.0794. The Hall–Kier alpha value is -3.16. The molecule has 120 valence electrons. The standard InChI is InChI=1S/C15H17N5O3/c1-8-7-17-9(2)14(8)10(3)18-19-15(21)11-4-12(16)6-13(5-11)20(22)23/h4-7,17H,16H2,1-3H3,(H,19,21)/b18-10+. The van der Waals surface area contributed by atoms with Gasteiger partial charge in [-0.3, -0.25) is 14.9 Å². The van der Waals surface area contributed by atoms with E-state index in [2.05, 4.69) is 15.5 Å². The second-order valence-corrected chi connectivity index (χ2v) is 5.18. The minimum atomic E-state index is -0.603. The predicted octanol–water partition coefficient (Wildman–Crippen LogP) is 2.28. The van der Waals surface area contributed by atoms with E-state index in [1.54, 1.807) is 6.92 Å². The van der Waals surface area contributed by atoms with Gasteiger partial charge in [0.2, 0.25) is 0 Å². The number of anilines is 1. The molecule has 0 aliphatic carbocycles. The molecule has 4 N–H and O–H groups in total. The van der Waals surface area contributed by atoms with Crippen molar-refractivity contribution in [3.8, 4) is 0 Å². The van der Waals surface area contributed by atoms with Crippen molar-refractivity contribution in [2.45, 2.75) is 20.8 Å². The molecule has 0 bridgehead atoms. The number of non-ortho nitro benzene ring substituents is 1. The van der Waals surface area contributed by atoms with Gasteiger partial charge >= 0.3 is 0 Å². The number of H-pyrrole nitrogens is 1. The zero-order valence-corrected chi connectivity index (χ0v) is 13.0. The number of aromatic nitrogens is 1. The molecule has 0 unspecified atom stereocenters. The summed E-state index contributed by atoms with van der Waals surface area (Å²) in [6.07, 6.45) is 1.85. The fourth-order valence-corrected chi connectivity index (χ4v) is 2.34. The Labute approximate surface area is 132 Å². The van der Waals surface area contributed by atoms with Crippen molar-refractivity contribution in [1.29, 1.82) is 0 Å². The normalized spacial score (nSPS) is 11.3.